The second-order valence-electron chi connectivity index (χ2n) is 3.71. The summed E-state index contributed by atoms with van der Waals surface area (Å²) in [7, 11) is 0. The van der Waals surface area contributed by atoms with Crippen molar-refractivity contribution >= 4 is 39.0 Å². The van der Waals surface area contributed by atoms with E-state index in [1.807, 2.05) is 6.07 Å². The fourth-order valence-electron chi connectivity index (χ4n) is 1.46. The average Bonchev–Trinajstić information content (AvgIpc) is 2.75. The summed E-state index contributed by atoms with van der Waals surface area (Å²) in [4.78, 5) is 2.30. The lowest BCUT2D eigenvalue weighted by atomic mass is 10.4. The Hall–Kier alpha value is -0.360. The molecule has 0 bridgehead atoms. The molecule has 2 aromatic rings. The predicted octanol–water partition coefficient (Wildman–Crippen LogP) is 4.53. The minimum Gasteiger partial charge on any atom is -0.311 e. The fraction of sp³-hybridized carbons (Fsp3) is 0.231. The Morgan fingerprint density at radius 3 is 2.94 bits per heavy atom. The van der Waals surface area contributed by atoms with E-state index in [1.165, 1.54) is 10.9 Å². The monoisotopic (exact) mass is 345 g/mol. The lowest BCUT2D eigenvalue weighted by Crippen LogP contribution is -2.15. The first-order valence-electron chi connectivity index (χ1n) is 5.56. The number of thioether (sulfide) groups is 1. The van der Waals surface area contributed by atoms with Crippen molar-refractivity contribution < 1.29 is 4.39 Å². The van der Waals surface area contributed by atoms with Gasteiger partial charge in [-0.05, 0) is 40.2 Å². The van der Waals surface area contributed by atoms with Gasteiger partial charge >= 0.3 is 0 Å². The molecule has 0 atom stereocenters. The van der Waals surface area contributed by atoms with Crippen molar-refractivity contribution in [2.24, 2.45) is 0 Å². The second kappa shape index (κ2) is 7.28. The molecule has 1 nitrogen and oxygen atoms in total. The first-order valence-corrected chi connectivity index (χ1v) is 8.22. The molecule has 96 valence electrons. The van der Waals surface area contributed by atoms with Gasteiger partial charge in [-0.3, -0.25) is 0 Å². The van der Waals surface area contributed by atoms with E-state index in [0.29, 0.717) is 0 Å². The highest BCUT2D eigenvalue weighted by Gasteiger charge is 1.98. The van der Waals surface area contributed by atoms with Crippen LogP contribution in [0.15, 0.2) is 45.1 Å². The summed E-state index contributed by atoms with van der Waals surface area (Å²) in [5.41, 5.74) is 0. The third-order valence-electron chi connectivity index (χ3n) is 2.26. The van der Waals surface area contributed by atoms with Gasteiger partial charge < -0.3 is 5.32 Å². The third kappa shape index (κ3) is 4.72. The van der Waals surface area contributed by atoms with Gasteiger partial charge in [-0.1, -0.05) is 6.07 Å². The molecule has 1 heterocycles. The normalized spacial score (nSPS) is 10.8. The largest absolute Gasteiger partial charge is 0.311 e. The van der Waals surface area contributed by atoms with Crippen LogP contribution in [0.4, 0.5) is 4.39 Å². The quantitative estimate of drug-likeness (QED) is 0.609. The topological polar surface area (TPSA) is 12.0 Å². The molecular weight excluding hydrogens is 333 g/mol. The Labute approximate surface area is 123 Å². The van der Waals surface area contributed by atoms with E-state index < -0.39 is 0 Å². The van der Waals surface area contributed by atoms with Gasteiger partial charge in [0.15, 0.2) is 0 Å². The summed E-state index contributed by atoms with van der Waals surface area (Å²) < 4.78 is 14.1. The Balaban J connectivity index is 1.64. The number of hydrogen-bond donors (Lipinski definition) is 1. The number of benzene rings is 1. The minimum absolute atomic E-state index is 0.170. The molecule has 0 aliphatic rings. The summed E-state index contributed by atoms with van der Waals surface area (Å²) in [6, 6.07) is 8.84. The molecule has 0 aliphatic carbocycles. The summed E-state index contributed by atoms with van der Waals surface area (Å²) >= 11 is 6.84. The van der Waals surface area contributed by atoms with Crippen LogP contribution < -0.4 is 5.32 Å². The fourth-order valence-corrected chi connectivity index (χ4v) is 3.73. The molecular formula is C13H13BrFNS2. The Kier molecular flexibility index (Phi) is 5.69. The third-order valence-corrected chi connectivity index (χ3v) is 4.96. The Bertz CT molecular complexity index is 501. The van der Waals surface area contributed by atoms with Crippen molar-refractivity contribution in [1.29, 1.82) is 0 Å². The number of nitrogens with one attached hydrogen (secondary N) is 1. The van der Waals surface area contributed by atoms with E-state index in [4.69, 9.17) is 0 Å². The van der Waals surface area contributed by atoms with Gasteiger partial charge in [0.1, 0.15) is 5.82 Å². The molecule has 1 aromatic heterocycles. The highest BCUT2D eigenvalue weighted by Crippen LogP contribution is 2.20. The standard InChI is InChI=1S/C13H13BrFNS2/c14-10-6-13(18-9-10)8-16-4-5-17-12-3-1-2-11(15)7-12/h1-3,6-7,9,16H,4-5,8H2. The molecule has 0 saturated heterocycles. The lowest BCUT2D eigenvalue weighted by molar-refractivity contribution is 0.624. The van der Waals surface area contributed by atoms with E-state index in [9.17, 15) is 4.39 Å². The van der Waals surface area contributed by atoms with Crippen molar-refractivity contribution in [3.63, 3.8) is 0 Å². The van der Waals surface area contributed by atoms with Crippen LogP contribution in [-0.2, 0) is 6.54 Å². The molecule has 0 saturated carbocycles. The van der Waals surface area contributed by atoms with Crippen LogP contribution in [0.5, 0.6) is 0 Å². The van der Waals surface area contributed by atoms with Gasteiger partial charge in [0.05, 0.1) is 0 Å². The number of hydrogen-bond acceptors (Lipinski definition) is 3. The van der Waals surface area contributed by atoms with Crippen molar-refractivity contribution in [3.8, 4) is 0 Å². The first-order chi connectivity index (χ1) is 8.74. The van der Waals surface area contributed by atoms with Crippen LogP contribution in [0, 0.1) is 5.82 Å². The van der Waals surface area contributed by atoms with Crippen LogP contribution in [0.25, 0.3) is 0 Å². The summed E-state index contributed by atoms with van der Waals surface area (Å²) in [6.45, 7) is 1.80. The molecule has 18 heavy (non-hydrogen) atoms. The zero-order valence-corrected chi connectivity index (χ0v) is 12.9. The number of halogens is 2. The molecule has 0 radical (unpaired) electrons. The van der Waals surface area contributed by atoms with Gasteiger partial charge in [-0.25, -0.2) is 4.39 Å². The maximum atomic E-state index is 12.9. The summed E-state index contributed by atoms with van der Waals surface area (Å²) in [5, 5.41) is 5.46. The molecule has 0 unspecified atom stereocenters. The number of thiophene rings is 1. The minimum atomic E-state index is -0.170. The van der Waals surface area contributed by atoms with Crippen molar-refractivity contribution in [1.82, 2.24) is 5.32 Å². The molecule has 0 spiro atoms. The van der Waals surface area contributed by atoms with Crippen molar-refractivity contribution in [3.05, 3.63) is 50.9 Å². The van der Waals surface area contributed by atoms with Gasteiger partial charge in [0, 0.05) is 38.5 Å². The van der Waals surface area contributed by atoms with Crippen LogP contribution in [0.1, 0.15) is 4.88 Å². The molecule has 0 fully saturated rings. The van der Waals surface area contributed by atoms with Crippen molar-refractivity contribution in [2.45, 2.75) is 11.4 Å². The van der Waals surface area contributed by atoms with E-state index in [-0.39, 0.29) is 5.82 Å². The highest BCUT2D eigenvalue weighted by atomic mass is 79.9. The maximum Gasteiger partial charge on any atom is 0.124 e. The van der Waals surface area contributed by atoms with E-state index in [1.54, 1.807) is 35.2 Å². The van der Waals surface area contributed by atoms with Crippen LogP contribution in [0.2, 0.25) is 0 Å². The number of rotatable bonds is 6. The SMILES string of the molecule is Fc1cccc(SCCNCc2cc(Br)cs2)c1. The maximum absolute atomic E-state index is 12.9. The van der Waals surface area contributed by atoms with E-state index in [0.717, 1.165) is 28.2 Å². The Morgan fingerprint density at radius 1 is 1.33 bits per heavy atom. The molecule has 1 aromatic carbocycles. The zero-order chi connectivity index (χ0) is 12.8. The molecule has 5 heteroatoms. The molecule has 2 rings (SSSR count). The van der Waals surface area contributed by atoms with Crippen LogP contribution in [0.3, 0.4) is 0 Å². The highest BCUT2D eigenvalue weighted by molar-refractivity contribution is 9.10. The van der Waals surface area contributed by atoms with Gasteiger partial charge in [-0.2, -0.15) is 0 Å². The average molecular weight is 346 g/mol. The molecule has 1 N–H and O–H groups in total. The summed E-state index contributed by atoms with van der Waals surface area (Å²) in [6.07, 6.45) is 0. The smallest absolute Gasteiger partial charge is 0.124 e. The lowest BCUT2D eigenvalue weighted by Gasteiger charge is -2.03. The zero-order valence-electron chi connectivity index (χ0n) is 9.66. The predicted molar refractivity (Wildman–Crippen MR) is 80.8 cm³/mol. The van der Waals surface area contributed by atoms with Gasteiger partial charge in [0.25, 0.3) is 0 Å². The summed E-state index contributed by atoms with van der Waals surface area (Å²) in [5.74, 6) is 0.770. The van der Waals surface area contributed by atoms with E-state index >= 15 is 0 Å². The van der Waals surface area contributed by atoms with Crippen LogP contribution >= 0.6 is 39.0 Å². The van der Waals surface area contributed by atoms with Gasteiger partial charge in [0.2, 0.25) is 0 Å². The second-order valence-corrected chi connectivity index (χ2v) is 6.79. The molecule has 0 amide bonds. The Morgan fingerprint density at radius 2 is 2.22 bits per heavy atom. The van der Waals surface area contributed by atoms with E-state index in [2.05, 4.69) is 32.7 Å². The van der Waals surface area contributed by atoms with Gasteiger partial charge in [-0.15, -0.1) is 23.1 Å². The molecule has 0 aliphatic heterocycles. The first kappa shape index (κ1) is 14.1. The van der Waals surface area contributed by atoms with Crippen LogP contribution in [-0.4, -0.2) is 12.3 Å². The van der Waals surface area contributed by atoms with Crippen molar-refractivity contribution in [2.75, 3.05) is 12.3 Å².